The molecular weight excluding hydrogens is 214 g/mol. The third kappa shape index (κ3) is 2.04. The van der Waals surface area contributed by atoms with Crippen LogP contribution in [0.5, 0.6) is 0 Å². The Bertz CT molecular complexity index is 594. The number of nitrogens with zero attached hydrogens (tertiary/aromatic N) is 3. The predicted molar refractivity (Wildman–Crippen MR) is 67.6 cm³/mol. The van der Waals surface area contributed by atoms with E-state index in [4.69, 9.17) is 0 Å². The van der Waals surface area contributed by atoms with E-state index in [2.05, 4.69) is 25.4 Å². The highest BCUT2D eigenvalue weighted by atomic mass is 15.1. The summed E-state index contributed by atoms with van der Waals surface area (Å²) < 4.78 is 0. The Morgan fingerprint density at radius 3 is 2.71 bits per heavy atom. The van der Waals surface area contributed by atoms with Crippen molar-refractivity contribution < 1.29 is 0 Å². The van der Waals surface area contributed by atoms with Gasteiger partial charge in [-0.05, 0) is 19.1 Å². The smallest absolute Gasteiger partial charge is 0.121 e. The number of fused-ring (bicyclic) bond motifs is 1. The van der Waals surface area contributed by atoms with Crippen LogP contribution in [0.1, 0.15) is 19.5 Å². The average Bonchev–Trinajstić information content (AvgIpc) is 2.98. The molecule has 3 heterocycles. The number of aromatic nitrogens is 5. The second-order valence-corrected chi connectivity index (χ2v) is 3.41. The third-order valence-corrected chi connectivity index (χ3v) is 2.32. The zero-order chi connectivity index (χ0) is 12.3. The first kappa shape index (κ1) is 11.3. The standard InChI is InChI=1S/C10H9N5.C2H6/c1-6-2-3-8-10(13-6)9(15-14-8)7-4-11-12-5-7;1-2/h2-5H,1H3,(H,11,12)(H,14,15);1-2H3. The number of nitrogens with one attached hydrogen (secondary N) is 2. The van der Waals surface area contributed by atoms with Crippen molar-refractivity contribution in [2.24, 2.45) is 0 Å². The Morgan fingerprint density at radius 2 is 2.00 bits per heavy atom. The van der Waals surface area contributed by atoms with Crippen LogP contribution >= 0.6 is 0 Å². The van der Waals surface area contributed by atoms with Gasteiger partial charge in [-0.15, -0.1) is 0 Å². The molecule has 88 valence electrons. The molecule has 0 amide bonds. The van der Waals surface area contributed by atoms with E-state index in [9.17, 15) is 0 Å². The lowest BCUT2D eigenvalue weighted by atomic mass is 10.2. The third-order valence-electron chi connectivity index (χ3n) is 2.32. The van der Waals surface area contributed by atoms with E-state index in [1.807, 2.05) is 32.9 Å². The molecule has 17 heavy (non-hydrogen) atoms. The van der Waals surface area contributed by atoms with Crippen molar-refractivity contribution in [1.29, 1.82) is 0 Å². The van der Waals surface area contributed by atoms with Gasteiger partial charge in [0.1, 0.15) is 11.2 Å². The highest BCUT2D eigenvalue weighted by molar-refractivity contribution is 5.89. The van der Waals surface area contributed by atoms with Gasteiger partial charge in [-0.1, -0.05) is 13.8 Å². The summed E-state index contributed by atoms with van der Waals surface area (Å²) in [5, 5.41) is 13.8. The molecule has 3 rings (SSSR count). The highest BCUT2D eigenvalue weighted by Gasteiger charge is 2.09. The fourth-order valence-corrected chi connectivity index (χ4v) is 1.58. The van der Waals surface area contributed by atoms with E-state index in [0.29, 0.717) is 0 Å². The molecule has 0 aliphatic carbocycles. The molecule has 0 atom stereocenters. The summed E-state index contributed by atoms with van der Waals surface area (Å²) in [6, 6.07) is 3.94. The zero-order valence-electron chi connectivity index (χ0n) is 10.2. The molecule has 0 aromatic carbocycles. The van der Waals surface area contributed by atoms with Crippen LogP contribution in [0.3, 0.4) is 0 Å². The minimum Gasteiger partial charge on any atom is -0.285 e. The van der Waals surface area contributed by atoms with Gasteiger partial charge in [-0.2, -0.15) is 10.2 Å². The number of hydrogen-bond donors (Lipinski definition) is 2. The summed E-state index contributed by atoms with van der Waals surface area (Å²) in [6.45, 7) is 5.96. The van der Waals surface area contributed by atoms with Gasteiger partial charge in [0.05, 0.1) is 11.7 Å². The molecule has 0 bridgehead atoms. The monoisotopic (exact) mass is 229 g/mol. The van der Waals surface area contributed by atoms with Crippen molar-refractivity contribution in [2.45, 2.75) is 20.8 Å². The minimum atomic E-state index is 0.836. The van der Waals surface area contributed by atoms with Crippen molar-refractivity contribution in [3.8, 4) is 11.3 Å². The summed E-state index contributed by atoms with van der Waals surface area (Å²) in [7, 11) is 0. The van der Waals surface area contributed by atoms with E-state index < -0.39 is 0 Å². The van der Waals surface area contributed by atoms with Crippen molar-refractivity contribution in [2.75, 3.05) is 0 Å². The Hall–Kier alpha value is -2.17. The molecule has 0 unspecified atom stereocenters. The molecule has 3 aromatic rings. The molecule has 0 fully saturated rings. The van der Waals surface area contributed by atoms with E-state index in [1.54, 1.807) is 12.4 Å². The second-order valence-electron chi connectivity index (χ2n) is 3.41. The summed E-state index contributed by atoms with van der Waals surface area (Å²) in [6.07, 6.45) is 3.54. The number of pyridine rings is 1. The number of H-pyrrole nitrogens is 2. The van der Waals surface area contributed by atoms with E-state index in [-0.39, 0.29) is 0 Å². The van der Waals surface area contributed by atoms with Gasteiger partial charge in [0.2, 0.25) is 0 Å². The molecule has 5 nitrogen and oxygen atoms in total. The fourth-order valence-electron chi connectivity index (χ4n) is 1.58. The summed E-state index contributed by atoms with van der Waals surface area (Å²) in [4.78, 5) is 4.46. The summed E-state index contributed by atoms with van der Waals surface area (Å²) >= 11 is 0. The topological polar surface area (TPSA) is 70.2 Å². The zero-order valence-corrected chi connectivity index (χ0v) is 10.2. The lowest BCUT2D eigenvalue weighted by molar-refractivity contribution is 1.09. The molecule has 0 aliphatic rings. The lowest BCUT2D eigenvalue weighted by Gasteiger charge is -1.93. The van der Waals surface area contributed by atoms with Crippen LogP contribution in [0, 0.1) is 6.92 Å². The normalized spacial score (nSPS) is 10.1. The van der Waals surface area contributed by atoms with Crippen LogP contribution in [-0.2, 0) is 0 Å². The fraction of sp³-hybridized carbons (Fsp3) is 0.250. The van der Waals surface area contributed by atoms with Crippen LogP contribution in [-0.4, -0.2) is 25.4 Å². The Morgan fingerprint density at radius 1 is 1.18 bits per heavy atom. The summed E-state index contributed by atoms with van der Waals surface area (Å²) in [5.74, 6) is 0. The molecule has 5 heteroatoms. The number of aromatic amines is 2. The molecule has 0 radical (unpaired) electrons. The van der Waals surface area contributed by atoms with Gasteiger partial charge in [-0.3, -0.25) is 10.2 Å². The highest BCUT2D eigenvalue weighted by Crippen LogP contribution is 2.23. The van der Waals surface area contributed by atoms with Crippen LogP contribution < -0.4 is 0 Å². The van der Waals surface area contributed by atoms with Crippen molar-refractivity contribution in [3.63, 3.8) is 0 Å². The van der Waals surface area contributed by atoms with Gasteiger partial charge >= 0.3 is 0 Å². The Kier molecular flexibility index (Phi) is 3.18. The van der Waals surface area contributed by atoms with Crippen LogP contribution in [0.15, 0.2) is 24.5 Å². The quantitative estimate of drug-likeness (QED) is 0.674. The molecule has 0 saturated carbocycles. The minimum absolute atomic E-state index is 0.836. The molecule has 0 aliphatic heterocycles. The van der Waals surface area contributed by atoms with E-state index in [1.165, 1.54) is 0 Å². The predicted octanol–water partition coefficient (Wildman–Crippen LogP) is 2.68. The summed E-state index contributed by atoms with van der Waals surface area (Å²) in [5.41, 5.74) is 4.59. The van der Waals surface area contributed by atoms with E-state index >= 15 is 0 Å². The largest absolute Gasteiger partial charge is 0.285 e. The molecule has 0 spiro atoms. The first-order valence-electron chi connectivity index (χ1n) is 5.65. The van der Waals surface area contributed by atoms with Gasteiger partial charge < -0.3 is 0 Å². The molecule has 2 N–H and O–H groups in total. The van der Waals surface area contributed by atoms with Crippen LogP contribution in [0.4, 0.5) is 0 Å². The average molecular weight is 229 g/mol. The number of aryl methyl sites for hydroxylation is 1. The maximum absolute atomic E-state index is 4.46. The van der Waals surface area contributed by atoms with E-state index in [0.717, 1.165) is 28.0 Å². The van der Waals surface area contributed by atoms with Gasteiger partial charge in [0, 0.05) is 17.5 Å². The number of hydrogen-bond acceptors (Lipinski definition) is 3. The molecular formula is C12H15N5. The first-order chi connectivity index (χ1) is 8.34. The Balaban J connectivity index is 0.000000514. The van der Waals surface area contributed by atoms with Gasteiger partial charge in [-0.25, -0.2) is 4.98 Å². The van der Waals surface area contributed by atoms with Crippen LogP contribution in [0.2, 0.25) is 0 Å². The second kappa shape index (κ2) is 4.78. The van der Waals surface area contributed by atoms with Crippen molar-refractivity contribution in [3.05, 3.63) is 30.2 Å². The first-order valence-corrected chi connectivity index (χ1v) is 5.65. The van der Waals surface area contributed by atoms with Crippen molar-refractivity contribution in [1.82, 2.24) is 25.4 Å². The van der Waals surface area contributed by atoms with Crippen molar-refractivity contribution >= 4 is 11.0 Å². The Labute approximate surface area is 99.3 Å². The van der Waals surface area contributed by atoms with Gasteiger partial charge in [0.25, 0.3) is 0 Å². The maximum atomic E-state index is 4.46. The SMILES string of the molecule is CC.Cc1ccc2[nH]nc(-c3cn[nH]c3)c2n1. The maximum Gasteiger partial charge on any atom is 0.121 e. The lowest BCUT2D eigenvalue weighted by Crippen LogP contribution is -1.81. The van der Waals surface area contributed by atoms with Crippen LogP contribution in [0.25, 0.3) is 22.3 Å². The molecule has 3 aromatic heterocycles. The molecule has 0 saturated heterocycles. The number of rotatable bonds is 1. The van der Waals surface area contributed by atoms with Gasteiger partial charge in [0.15, 0.2) is 0 Å².